The Morgan fingerprint density at radius 3 is 2.61 bits per heavy atom. The number of para-hydroxylation sites is 1. The molecule has 1 heterocycles. The number of rotatable bonds is 7. The van der Waals surface area contributed by atoms with Crippen LogP contribution in [0, 0.1) is 10.1 Å². The molecule has 3 rings (SSSR count). The molecule has 1 aliphatic rings. The maximum Gasteiger partial charge on any atom is 0.340 e. The van der Waals surface area contributed by atoms with Gasteiger partial charge in [-0.1, -0.05) is 18.2 Å². The number of nitro benzene ring substituents is 1. The van der Waals surface area contributed by atoms with Crippen LogP contribution in [0.1, 0.15) is 10.4 Å². The summed E-state index contributed by atoms with van der Waals surface area (Å²) in [5.41, 5.74) is -0.749. The lowest BCUT2D eigenvalue weighted by Gasteiger charge is -2.14. The third kappa shape index (κ3) is 4.95. The highest BCUT2D eigenvalue weighted by atomic mass is 32.2. The van der Waals surface area contributed by atoms with Gasteiger partial charge >= 0.3 is 12.0 Å². The molecule has 3 amide bonds. The van der Waals surface area contributed by atoms with Gasteiger partial charge in [0.2, 0.25) is 0 Å². The van der Waals surface area contributed by atoms with Gasteiger partial charge in [0.05, 0.1) is 21.1 Å². The zero-order chi connectivity index (χ0) is 22.6. The Balaban J connectivity index is 1.76. The van der Waals surface area contributed by atoms with Crippen LogP contribution in [0.15, 0.2) is 53.4 Å². The Morgan fingerprint density at radius 1 is 1.19 bits per heavy atom. The molecule has 2 aromatic rings. The maximum atomic E-state index is 12.6. The number of nitrogens with zero attached hydrogens (tertiary/aromatic N) is 2. The van der Waals surface area contributed by atoms with E-state index in [2.05, 4.69) is 10.0 Å². The van der Waals surface area contributed by atoms with Gasteiger partial charge in [0.25, 0.3) is 21.6 Å². The zero-order valence-corrected chi connectivity index (χ0v) is 16.6. The number of carbonyl (C=O) groups excluding carboxylic acids is 3. The van der Waals surface area contributed by atoms with E-state index in [1.165, 1.54) is 30.3 Å². The monoisotopic (exact) mass is 448 g/mol. The van der Waals surface area contributed by atoms with Crippen LogP contribution < -0.4 is 10.0 Å². The number of ether oxygens (including phenoxy) is 1. The van der Waals surface area contributed by atoms with E-state index in [4.69, 9.17) is 4.74 Å². The first-order chi connectivity index (χ1) is 14.7. The Bertz CT molecular complexity index is 1160. The fourth-order valence-electron chi connectivity index (χ4n) is 2.71. The summed E-state index contributed by atoms with van der Waals surface area (Å²) in [6.45, 7) is -0.270. The quantitative estimate of drug-likeness (QED) is 0.361. The van der Waals surface area contributed by atoms with E-state index in [0.717, 1.165) is 23.1 Å². The van der Waals surface area contributed by atoms with Crippen LogP contribution in [0.3, 0.4) is 0 Å². The van der Waals surface area contributed by atoms with Gasteiger partial charge in [-0.25, -0.2) is 18.0 Å². The van der Waals surface area contributed by atoms with Gasteiger partial charge in [-0.2, -0.15) is 0 Å². The molecule has 1 saturated heterocycles. The van der Waals surface area contributed by atoms with Crippen molar-refractivity contribution in [2.24, 2.45) is 0 Å². The van der Waals surface area contributed by atoms with Crippen molar-refractivity contribution in [2.75, 3.05) is 24.4 Å². The third-order valence-corrected chi connectivity index (χ3v) is 5.58. The number of carbonyl (C=O) groups is 3. The van der Waals surface area contributed by atoms with E-state index in [1.54, 1.807) is 0 Å². The third-order valence-electron chi connectivity index (χ3n) is 4.21. The normalized spacial score (nSPS) is 13.4. The summed E-state index contributed by atoms with van der Waals surface area (Å²) in [6, 6.07) is 9.29. The fourth-order valence-corrected chi connectivity index (χ4v) is 3.83. The molecule has 2 N–H and O–H groups in total. The van der Waals surface area contributed by atoms with Crippen molar-refractivity contribution in [2.45, 2.75) is 4.90 Å². The minimum Gasteiger partial charge on any atom is -0.452 e. The lowest BCUT2D eigenvalue weighted by Crippen LogP contribution is -2.37. The van der Waals surface area contributed by atoms with Crippen LogP contribution in [-0.4, -0.2) is 55.8 Å². The van der Waals surface area contributed by atoms with Crippen molar-refractivity contribution in [3.8, 4) is 0 Å². The molecule has 0 saturated carbocycles. The molecule has 2 aromatic carbocycles. The van der Waals surface area contributed by atoms with Crippen molar-refractivity contribution in [1.29, 1.82) is 0 Å². The van der Waals surface area contributed by atoms with Crippen molar-refractivity contribution in [3.63, 3.8) is 0 Å². The van der Waals surface area contributed by atoms with Crippen molar-refractivity contribution in [3.05, 3.63) is 64.2 Å². The summed E-state index contributed by atoms with van der Waals surface area (Å²) in [5, 5.41) is 13.3. The first-order valence-electron chi connectivity index (χ1n) is 8.80. The summed E-state index contributed by atoms with van der Waals surface area (Å²) in [4.78, 5) is 46.6. The first-order valence-corrected chi connectivity index (χ1v) is 10.3. The second-order valence-corrected chi connectivity index (χ2v) is 7.94. The molecule has 162 valence electrons. The average molecular weight is 448 g/mol. The van der Waals surface area contributed by atoms with E-state index < -0.39 is 45.1 Å². The number of hydrogen-bond acceptors (Lipinski definition) is 8. The minimum atomic E-state index is -4.27. The number of imide groups is 1. The minimum absolute atomic E-state index is 0.148. The number of hydrogen-bond donors (Lipinski definition) is 2. The highest BCUT2D eigenvalue weighted by molar-refractivity contribution is 7.92. The molecule has 31 heavy (non-hydrogen) atoms. The second-order valence-electron chi connectivity index (χ2n) is 6.26. The largest absolute Gasteiger partial charge is 0.452 e. The van der Waals surface area contributed by atoms with Crippen LogP contribution in [-0.2, 0) is 19.6 Å². The van der Waals surface area contributed by atoms with Gasteiger partial charge in [-0.3, -0.25) is 24.5 Å². The number of sulfonamides is 1. The molecule has 1 aliphatic heterocycles. The number of nitrogens with one attached hydrogen (secondary N) is 2. The Kier molecular flexibility index (Phi) is 6.15. The van der Waals surface area contributed by atoms with Crippen LogP contribution in [0.4, 0.5) is 16.2 Å². The number of esters is 1. The van der Waals surface area contributed by atoms with Crippen molar-refractivity contribution < 1.29 is 32.5 Å². The molecule has 0 atom stereocenters. The molecular weight excluding hydrogens is 432 g/mol. The molecule has 12 nitrogen and oxygen atoms in total. The van der Waals surface area contributed by atoms with E-state index >= 15 is 0 Å². The van der Waals surface area contributed by atoms with Crippen LogP contribution in [0.5, 0.6) is 0 Å². The highest BCUT2D eigenvalue weighted by Gasteiger charge is 2.27. The lowest BCUT2D eigenvalue weighted by atomic mass is 10.2. The van der Waals surface area contributed by atoms with Gasteiger partial charge in [0, 0.05) is 25.2 Å². The van der Waals surface area contributed by atoms with Gasteiger partial charge in [-0.05, 0) is 18.2 Å². The molecule has 0 unspecified atom stereocenters. The van der Waals surface area contributed by atoms with Gasteiger partial charge in [0.15, 0.2) is 6.61 Å². The molecule has 0 radical (unpaired) electrons. The summed E-state index contributed by atoms with van der Waals surface area (Å²) in [7, 11) is -4.27. The number of nitro groups is 1. The van der Waals surface area contributed by atoms with Crippen LogP contribution >= 0.6 is 0 Å². The highest BCUT2D eigenvalue weighted by Crippen LogP contribution is 2.23. The number of amides is 3. The number of urea groups is 1. The average Bonchev–Trinajstić information content (AvgIpc) is 3.18. The van der Waals surface area contributed by atoms with E-state index in [1.807, 2.05) is 0 Å². The lowest BCUT2D eigenvalue weighted by molar-refractivity contribution is -0.385. The summed E-state index contributed by atoms with van der Waals surface area (Å²) in [5.74, 6) is -1.72. The molecule has 0 aromatic heterocycles. The topological polar surface area (TPSA) is 165 Å². The number of benzene rings is 2. The predicted molar refractivity (Wildman–Crippen MR) is 106 cm³/mol. The van der Waals surface area contributed by atoms with Gasteiger partial charge in [0.1, 0.15) is 0 Å². The second kappa shape index (κ2) is 8.79. The number of anilines is 1. The maximum absolute atomic E-state index is 12.6. The standard InChI is InChI=1S/C18H16N4O8S/c23-16(21-9-8-19-18(21)25)11-30-17(24)14-6-1-2-7-15(14)20-31(28,29)13-5-3-4-12(10-13)22(26)27/h1-7,10,20H,8-9,11H2,(H,19,25). The summed E-state index contributed by atoms with van der Waals surface area (Å²) < 4.78 is 32.4. The molecule has 13 heteroatoms. The van der Waals surface area contributed by atoms with E-state index in [0.29, 0.717) is 6.54 Å². The Hall–Kier alpha value is -4.00. The van der Waals surface area contributed by atoms with Crippen LogP contribution in [0.25, 0.3) is 0 Å². The van der Waals surface area contributed by atoms with E-state index in [9.17, 15) is 32.9 Å². The molecule has 0 aliphatic carbocycles. The SMILES string of the molecule is O=C(OCC(=O)N1CCNC1=O)c1ccccc1NS(=O)(=O)c1cccc([N+](=O)[O-])c1. The van der Waals surface area contributed by atoms with Crippen molar-refractivity contribution >= 4 is 39.3 Å². The Labute approximate surface area is 176 Å². The Morgan fingerprint density at radius 2 is 1.94 bits per heavy atom. The van der Waals surface area contributed by atoms with Crippen molar-refractivity contribution in [1.82, 2.24) is 10.2 Å². The summed E-state index contributed by atoms with van der Waals surface area (Å²) in [6.07, 6.45) is 0. The van der Waals surface area contributed by atoms with Gasteiger partial charge < -0.3 is 10.1 Å². The molecule has 0 bridgehead atoms. The number of non-ortho nitro benzene ring substituents is 1. The summed E-state index contributed by atoms with van der Waals surface area (Å²) >= 11 is 0. The smallest absolute Gasteiger partial charge is 0.340 e. The predicted octanol–water partition coefficient (Wildman–Crippen LogP) is 1.10. The van der Waals surface area contributed by atoms with Gasteiger partial charge in [-0.15, -0.1) is 0 Å². The van der Waals surface area contributed by atoms with E-state index in [-0.39, 0.29) is 22.7 Å². The fraction of sp³-hybridized carbons (Fsp3) is 0.167. The molecule has 0 spiro atoms. The molecule has 1 fully saturated rings. The van der Waals surface area contributed by atoms with Crippen LogP contribution in [0.2, 0.25) is 0 Å². The first kappa shape index (κ1) is 21.7. The molecular formula is C18H16N4O8S. The zero-order valence-electron chi connectivity index (χ0n) is 15.8.